The Morgan fingerprint density at radius 1 is 1.14 bits per heavy atom. The summed E-state index contributed by atoms with van der Waals surface area (Å²) in [5, 5.41) is 0. The minimum absolute atomic E-state index is 0.199. The molecule has 1 nitrogen and oxygen atoms in total. The number of hydrogen-bond donors (Lipinski definition) is 0. The maximum Gasteiger partial charge on any atom is 0.132 e. The van der Waals surface area contributed by atoms with Gasteiger partial charge in [-0.15, -0.1) is 0 Å². The molecule has 0 radical (unpaired) electrons. The predicted octanol–water partition coefficient (Wildman–Crippen LogP) is 3.90. The molecule has 1 unspecified atom stereocenters. The van der Waals surface area contributed by atoms with Crippen LogP contribution in [0.25, 0.3) is 0 Å². The van der Waals surface area contributed by atoms with Crippen LogP contribution in [-0.2, 0) is 4.79 Å². The minimum atomic E-state index is 0.199. The van der Waals surface area contributed by atoms with Gasteiger partial charge in [0.25, 0.3) is 0 Å². The van der Waals surface area contributed by atoms with Gasteiger partial charge in [-0.3, -0.25) is 4.79 Å². The van der Waals surface area contributed by atoms with Crippen LogP contribution < -0.4 is 0 Å². The Morgan fingerprint density at radius 2 is 1.71 bits per heavy atom. The molecule has 0 saturated carbocycles. The van der Waals surface area contributed by atoms with Crippen LogP contribution in [-0.4, -0.2) is 5.78 Å². The molecule has 0 amide bonds. The molecule has 0 aliphatic rings. The van der Waals surface area contributed by atoms with Crippen LogP contribution in [0.4, 0.5) is 0 Å². The fourth-order valence-electron chi connectivity index (χ4n) is 1.04. The first-order valence-electron chi connectivity index (χ1n) is 5.24. The SMILES string of the molecule is CC(=O)C(C)CCC(C)=CC=C(C)C. The first kappa shape index (κ1) is 13.2. The Morgan fingerprint density at radius 3 is 2.14 bits per heavy atom. The summed E-state index contributed by atoms with van der Waals surface area (Å²) in [5.74, 6) is 0.491. The molecule has 0 bridgehead atoms. The second kappa shape index (κ2) is 6.58. The van der Waals surface area contributed by atoms with Crippen LogP contribution >= 0.6 is 0 Å². The third-order valence-electron chi connectivity index (χ3n) is 2.37. The standard InChI is InChI=1S/C13H22O/c1-10(2)6-7-11(3)8-9-12(4)13(5)14/h6-7,12H,8-9H2,1-5H3. The molecule has 80 valence electrons. The van der Waals surface area contributed by atoms with Gasteiger partial charge in [-0.2, -0.15) is 0 Å². The van der Waals surface area contributed by atoms with Gasteiger partial charge in [-0.25, -0.2) is 0 Å². The molecule has 0 aliphatic heterocycles. The molecular weight excluding hydrogens is 172 g/mol. The highest BCUT2D eigenvalue weighted by Gasteiger charge is 2.06. The number of allylic oxidation sites excluding steroid dienone is 4. The zero-order valence-corrected chi connectivity index (χ0v) is 10.1. The Labute approximate surface area is 87.9 Å². The van der Waals surface area contributed by atoms with E-state index >= 15 is 0 Å². The molecule has 0 aromatic rings. The highest BCUT2D eigenvalue weighted by atomic mass is 16.1. The zero-order chi connectivity index (χ0) is 11.1. The first-order valence-corrected chi connectivity index (χ1v) is 5.24. The van der Waals surface area contributed by atoms with Crippen molar-refractivity contribution in [2.45, 2.75) is 47.5 Å². The summed E-state index contributed by atoms with van der Waals surface area (Å²) >= 11 is 0. The van der Waals surface area contributed by atoms with Gasteiger partial charge in [-0.1, -0.05) is 30.2 Å². The van der Waals surface area contributed by atoms with Gasteiger partial charge in [0, 0.05) is 5.92 Å². The van der Waals surface area contributed by atoms with Crippen molar-refractivity contribution >= 4 is 5.78 Å². The smallest absolute Gasteiger partial charge is 0.132 e. The molecule has 0 fully saturated rings. The number of Topliss-reactive ketones (excluding diaryl/α,β-unsaturated/α-hetero) is 1. The highest BCUT2D eigenvalue weighted by Crippen LogP contribution is 2.12. The molecule has 0 aromatic heterocycles. The first-order chi connectivity index (χ1) is 6.43. The number of ketones is 1. The Balaban J connectivity index is 3.96. The van der Waals surface area contributed by atoms with Gasteiger partial charge in [0.1, 0.15) is 5.78 Å². The lowest BCUT2D eigenvalue weighted by molar-refractivity contribution is -0.120. The number of hydrogen-bond acceptors (Lipinski definition) is 1. The average molecular weight is 194 g/mol. The lowest BCUT2D eigenvalue weighted by Crippen LogP contribution is -2.05. The molecule has 0 aliphatic carbocycles. The summed E-state index contributed by atoms with van der Waals surface area (Å²) in [4.78, 5) is 11.0. The molecule has 14 heavy (non-hydrogen) atoms. The largest absolute Gasteiger partial charge is 0.300 e. The van der Waals surface area contributed by atoms with Crippen molar-refractivity contribution in [1.82, 2.24) is 0 Å². The van der Waals surface area contributed by atoms with Crippen molar-refractivity contribution in [2.75, 3.05) is 0 Å². The van der Waals surface area contributed by atoms with E-state index in [2.05, 4.69) is 32.9 Å². The normalized spacial score (nSPS) is 13.6. The van der Waals surface area contributed by atoms with Gasteiger partial charge in [0.2, 0.25) is 0 Å². The highest BCUT2D eigenvalue weighted by molar-refractivity contribution is 5.77. The predicted molar refractivity (Wildman–Crippen MR) is 62.3 cm³/mol. The van der Waals surface area contributed by atoms with E-state index in [0.29, 0.717) is 5.78 Å². The van der Waals surface area contributed by atoms with E-state index in [1.54, 1.807) is 6.92 Å². The topological polar surface area (TPSA) is 17.1 Å². The van der Waals surface area contributed by atoms with Gasteiger partial charge >= 0.3 is 0 Å². The van der Waals surface area contributed by atoms with E-state index in [1.807, 2.05) is 6.92 Å². The van der Waals surface area contributed by atoms with E-state index in [4.69, 9.17) is 0 Å². The van der Waals surface area contributed by atoms with Crippen LogP contribution in [0.2, 0.25) is 0 Å². The second-order valence-electron chi connectivity index (χ2n) is 4.31. The van der Waals surface area contributed by atoms with E-state index < -0.39 is 0 Å². The number of carbonyl (C=O) groups is 1. The summed E-state index contributed by atoms with van der Waals surface area (Å²) < 4.78 is 0. The van der Waals surface area contributed by atoms with E-state index in [1.165, 1.54) is 11.1 Å². The third kappa shape index (κ3) is 6.64. The fraction of sp³-hybridized carbons (Fsp3) is 0.615. The summed E-state index contributed by atoms with van der Waals surface area (Å²) in [6.45, 7) is 9.95. The van der Waals surface area contributed by atoms with Crippen molar-refractivity contribution < 1.29 is 4.79 Å². The van der Waals surface area contributed by atoms with Gasteiger partial charge in [0.05, 0.1) is 0 Å². The van der Waals surface area contributed by atoms with Crippen molar-refractivity contribution in [3.05, 3.63) is 23.3 Å². The lowest BCUT2D eigenvalue weighted by atomic mass is 9.98. The second-order valence-corrected chi connectivity index (χ2v) is 4.31. The summed E-state index contributed by atoms with van der Waals surface area (Å²) in [6.07, 6.45) is 6.24. The third-order valence-corrected chi connectivity index (χ3v) is 2.37. The molecule has 0 aromatic carbocycles. The summed E-state index contributed by atoms with van der Waals surface area (Å²) in [6, 6.07) is 0. The molecular formula is C13H22O. The minimum Gasteiger partial charge on any atom is -0.300 e. The van der Waals surface area contributed by atoms with Crippen molar-refractivity contribution in [1.29, 1.82) is 0 Å². The van der Waals surface area contributed by atoms with Crippen molar-refractivity contribution in [3.63, 3.8) is 0 Å². The molecule has 1 atom stereocenters. The molecule has 0 rings (SSSR count). The van der Waals surface area contributed by atoms with E-state index in [0.717, 1.165) is 12.8 Å². The summed E-state index contributed by atoms with van der Waals surface area (Å²) in [7, 11) is 0. The molecule has 0 N–H and O–H groups in total. The molecule has 0 spiro atoms. The maximum atomic E-state index is 11.0. The van der Waals surface area contributed by atoms with Crippen LogP contribution in [0.15, 0.2) is 23.3 Å². The monoisotopic (exact) mass is 194 g/mol. The molecule has 0 heterocycles. The Bertz CT molecular complexity index is 242. The Kier molecular flexibility index (Phi) is 6.18. The van der Waals surface area contributed by atoms with Gasteiger partial charge in [-0.05, 0) is 40.5 Å². The van der Waals surface area contributed by atoms with Crippen LogP contribution in [0.1, 0.15) is 47.5 Å². The molecule has 0 saturated heterocycles. The van der Waals surface area contributed by atoms with Crippen molar-refractivity contribution in [3.8, 4) is 0 Å². The Hall–Kier alpha value is -0.850. The molecule has 1 heteroatoms. The zero-order valence-electron chi connectivity index (χ0n) is 10.1. The average Bonchev–Trinajstić information content (AvgIpc) is 2.10. The van der Waals surface area contributed by atoms with Crippen molar-refractivity contribution in [2.24, 2.45) is 5.92 Å². The maximum absolute atomic E-state index is 11.0. The number of carbonyl (C=O) groups excluding carboxylic acids is 1. The quantitative estimate of drug-likeness (QED) is 0.606. The van der Waals surface area contributed by atoms with Crippen LogP contribution in [0.3, 0.4) is 0 Å². The van der Waals surface area contributed by atoms with Crippen LogP contribution in [0, 0.1) is 5.92 Å². The number of rotatable bonds is 5. The van der Waals surface area contributed by atoms with Gasteiger partial charge in [0.15, 0.2) is 0 Å². The lowest BCUT2D eigenvalue weighted by Gasteiger charge is -2.06. The van der Waals surface area contributed by atoms with Crippen LogP contribution in [0.5, 0.6) is 0 Å². The van der Waals surface area contributed by atoms with E-state index in [9.17, 15) is 4.79 Å². The fourth-order valence-corrected chi connectivity index (χ4v) is 1.04. The summed E-state index contributed by atoms with van der Waals surface area (Å²) in [5.41, 5.74) is 2.66. The van der Waals surface area contributed by atoms with Gasteiger partial charge < -0.3 is 0 Å². The van der Waals surface area contributed by atoms with E-state index in [-0.39, 0.29) is 5.92 Å².